The maximum Gasteiger partial charge on any atom is 0.264 e. The van der Waals surface area contributed by atoms with E-state index in [0.29, 0.717) is 12.6 Å². The number of hydrogen-bond acceptors (Lipinski definition) is 3. The van der Waals surface area contributed by atoms with Gasteiger partial charge in [0.05, 0.1) is 4.88 Å². The van der Waals surface area contributed by atoms with Crippen molar-refractivity contribution in [3.8, 4) is 0 Å². The third-order valence-corrected chi connectivity index (χ3v) is 4.68. The second kappa shape index (κ2) is 4.96. The van der Waals surface area contributed by atoms with Crippen LogP contribution >= 0.6 is 11.3 Å². The SMILES string of the molecule is Cc1ccc(C(=O)N2CCCC2C(=O)NC2CC2)s1. The zero-order chi connectivity index (χ0) is 13.4. The normalized spacial score (nSPS) is 22.6. The van der Waals surface area contributed by atoms with Crippen LogP contribution in [0, 0.1) is 6.92 Å². The van der Waals surface area contributed by atoms with Gasteiger partial charge in [-0.1, -0.05) is 0 Å². The lowest BCUT2D eigenvalue weighted by atomic mass is 10.2. The molecule has 19 heavy (non-hydrogen) atoms. The minimum absolute atomic E-state index is 0.00606. The summed E-state index contributed by atoms with van der Waals surface area (Å²) in [6.45, 7) is 2.68. The van der Waals surface area contributed by atoms with Gasteiger partial charge < -0.3 is 10.2 Å². The van der Waals surface area contributed by atoms with E-state index in [1.54, 1.807) is 4.90 Å². The molecule has 1 saturated carbocycles. The average Bonchev–Trinajstić information content (AvgIpc) is 2.92. The third kappa shape index (κ3) is 2.66. The van der Waals surface area contributed by atoms with E-state index in [0.717, 1.165) is 35.4 Å². The van der Waals surface area contributed by atoms with Gasteiger partial charge in [-0.15, -0.1) is 11.3 Å². The van der Waals surface area contributed by atoms with E-state index in [4.69, 9.17) is 0 Å². The Morgan fingerprint density at radius 2 is 2.11 bits per heavy atom. The summed E-state index contributed by atoms with van der Waals surface area (Å²) in [6, 6.07) is 3.90. The predicted octanol–water partition coefficient (Wildman–Crippen LogP) is 1.94. The third-order valence-electron chi connectivity index (χ3n) is 3.69. The molecule has 2 aliphatic rings. The molecule has 102 valence electrons. The van der Waals surface area contributed by atoms with E-state index in [9.17, 15) is 9.59 Å². The number of thiophene rings is 1. The molecule has 0 bridgehead atoms. The van der Waals surface area contributed by atoms with Crippen LogP contribution in [0.1, 0.15) is 40.2 Å². The van der Waals surface area contributed by atoms with Gasteiger partial charge in [0, 0.05) is 17.5 Å². The molecule has 1 aliphatic heterocycles. The second-order valence-electron chi connectivity index (χ2n) is 5.35. The molecule has 1 saturated heterocycles. The first kappa shape index (κ1) is 12.7. The van der Waals surface area contributed by atoms with Crippen molar-refractivity contribution >= 4 is 23.2 Å². The number of hydrogen-bond donors (Lipinski definition) is 1. The Morgan fingerprint density at radius 3 is 2.74 bits per heavy atom. The van der Waals surface area contributed by atoms with E-state index >= 15 is 0 Å². The summed E-state index contributed by atoms with van der Waals surface area (Å²) in [5.41, 5.74) is 0. The Labute approximate surface area is 116 Å². The van der Waals surface area contributed by atoms with Crippen LogP contribution in [0.15, 0.2) is 12.1 Å². The minimum atomic E-state index is -0.268. The van der Waals surface area contributed by atoms with Gasteiger partial charge in [-0.05, 0) is 44.7 Å². The van der Waals surface area contributed by atoms with Crippen LogP contribution in [0.2, 0.25) is 0 Å². The van der Waals surface area contributed by atoms with Crippen molar-refractivity contribution in [1.82, 2.24) is 10.2 Å². The summed E-state index contributed by atoms with van der Waals surface area (Å²) in [7, 11) is 0. The summed E-state index contributed by atoms with van der Waals surface area (Å²) < 4.78 is 0. The van der Waals surface area contributed by atoms with Crippen molar-refractivity contribution in [2.24, 2.45) is 0 Å². The fraction of sp³-hybridized carbons (Fsp3) is 0.571. The summed E-state index contributed by atoms with van der Waals surface area (Å²) in [5.74, 6) is 0.0353. The van der Waals surface area contributed by atoms with E-state index in [2.05, 4.69) is 5.32 Å². The van der Waals surface area contributed by atoms with Gasteiger partial charge in [0.25, 0.3) is 5.91 Å². The number of nitrogens with zero attached hydrogens (tertiary/aromatic N) is 1. The molecule has 0 aromatic carbocycles. The highest BCUT2D eigenvalue weighted by atomic mass is 32.1. The number of amides is 2. The molecule has 2 fully saturated rings. The summed E-state index contributed by atoms with van der Waals surface area (Å²) in [5, 5.41) is 3.01. The molecule has 1 aliphatic carbocycles. The van der Waals surface area contributed by atoms with Gasteiger partial charge in [0.15, 0.2) is 0 Å². The lowest BCUT2D eigenvalue weighted by molar-refractivity contribution is -0.125. The summed E-state index contributed by atoms with van der Waals surface area (Å²) in [4.78, 5) is 28.2. The highest BCUT2D eigenvalue weighted by Gasteiger charge is 2.37. The Hall–Kier alpha value is -1.36. The molecule has 1 unspecified atom stereocenters. The van der Waals surface area contributed by atoms with Crippen molar-refractivity contribution in [3.63, 3.8) is 0 Å². The predicted molar refractivity (Wildman–Crippen MR) is 74.3 cm³/mol. The Balaban J connectivity index is 1.71. The molecule has 1 N–H and O–H groups in total. The number of nitrogens with one attached hydrogen (secondary N) is 1. The maximum atomic E-state index is 12.4. The smallest absolute Gasteiger partial charge is 0.264 e. The first-order valence-corrected chi connectivity index (χ1v) is 7.64. The Bertz CT molecular complexity index is 507. The largest absolute Gasteiger partial charge is 0.352 e. The van der Waals surface area contributed by atoms with Gasteiger partial charge in [-0.2, -0.15) is 0 Å². The maximum absolute atomic E-state index is 12.4. The van der Waals surface area contributed by atoms with E-state index in [-0.39, 0.29) is 17.9 Å². The molecule has 5 heteroatoms. The lowest BCUT2D eigenvalue weighted by Gasteiger charge is -2.23. The first-order chi connectivity index (χ1) is 9.15. The topological polar surface area (TPSA) is 49.4 Å². The molecule has 4 nitrogen and oxygen atoms in total. The van der Waals surface area contributed by atoms with Crippen molar-refractivity contribution in [1.29, 1.82) is 0 Å². The first-order valence-electron chi connectivity index (χ1n) is 6.83. The van der Waals surface area contributed by atoms with Crippen molar-refractivity contribution < 1.29 is 9.59 Å². The minimum Gasteiger partial charge on any atom is -0.352 e. The summed E-state index contributed by atoms with van der Waals surface area (Å²) in [6.07, 6.45) is 3.86. The number of carbonyl (C=O) groups excluding carboxylic acids is 2. The van der Waals surface area contributed by atoms with Gasteiger partial charge in [0.2, 0.25) is 5.91 Å². The average molecular weight is 278 g/mol. The van der Waals surface area contributed by atoms with Gasteiger partial charge in [-0.25, -0.2) is 0 Å². The fourth-order valence-electron chi connectivity index (χ4n) is 2.50. The molecule has 0 spiro atoms. The molecular formula is C14H18N2O2S. The highest BCUT2D eigenvalue weighted by Crippen LogP contribution is 2.25. The fourth-order valence-corrected chi connectivity index (χ4v) is 3.32. The molecule has 3 rings (SSSR count). The van der Waals surface area contributed by atoms with E-state index in [1.807, 2.05) is 19.1 Å². The van der Waals surface area contributed by atoms with Gasteiger partial charge >= 0.3 is 0 Å². The zero-order valence-corrected chi connectivity index (χ0v) is 11.8. The van der Waals surface area contributed by atoms with Crippen LogP contribution in [0.4, 0.5) is 0 Å². The molecule has 0 radical (unpaired) electrons. The highest BCUT2D eigenvalue weighted by molar-refractivity contribution is 7.13. The monoisotopic (exact) mass is 278 g/mol. The van der Waals surface area contributed by atoms with E-state index < -0.39 is 0 Å². The van der Waals surface area contributed by atoms with Gasteiger partial charge in [0.1, 0.15) is 6.04 Å². The number of aryl methyl sites for hydroxylation is 1. The Kier molecular flexibility index (Phi) is 3.31. The second-order valence-corrected chi connectivity index (χ2v) is 6.64. The Morgan fingerprint density at radius 1 is 1.32 bits per heavy atom. The molecular weight excluding hydrogens is 260 g/mol. The van der Waals surface area contributed by atoms with Gasteiger partial charge in [-0.3, -0.25) is 9.59 Å². The van der Waals surface area contributed by atoms with Crippen LogP contribution in [0.3, 0.4) is 0 Å². The molecule has 2 amide bonds. The van der Waals surface area contributed by atoms with Crippen LogP contribution in [0.5, 0.6) is 0 Å². The molecule has 1 aromatic heterocycles. The number of likely N-dealkylation sites (tertiary alicyclic amines) is 1. The van der Waals surface area contributed by atoms with Crippen molar-refractivity contribution in [3.05, 3.63) is 21.9 Å². The van der Waals surface area contributed by atoms with E-state index in [1.165, 1.54) is 11.3 Å². The van der Waals surface area contributed by atoms with Crippen LogP contribution in [-0.4, -0.2) is 35.3 Å². The standard InChI is InChI=1S/C14H18N2O2S/c1-9-4-7-12(19-9)14(18)16-8-2-3-11(16)13(17)15-10-5-6-10/h4,7,10-11H,2-3,5-6,8H2,1H3,(H,15,17). The van der Waals surface area contributed by atoms with Crippen LogP contribution in [0.25, 0.3) is 0 Å². The molecule has 1 aromatic rings. The number of carbonyl (C=O) groups is 2. The van der Waals surface area contributed by atoms with Crippen LogP contribution in [-0.2, 0) is 4.79 Å². The van der Waals surface area contributed by atoms with Crippen molar-refractivity contribution in [2.75, 3.05) is 6.54 Å². The molecule has 2 heterocycles. The quantitative estimate of drug-likeness (QED) is 0.918. The number of rotatable bonds is 3. The summed E-state index contributed by atoms with van der Waals surface area (Å²) >= 11 is 1.50. The molecule has 1 atom stereocenters. The zero-order valence-electron chi connectivity index (χ0n) is 11.0. The van der Waals surface area contributed by atoms with Crippen LogP contribution < -0.4 is 5.32 Å². The lowest BCUT2D eigenvalue weighted by Crippen LogP contribution is -2.46. The van der Waals surface area contributed by atoms with Crippen molar-refractivity contribution in [2.45, 2.75) is 44.7 Å².